The van der Waals surface area contributed by atoms with Crippen molar-refractivity contribution in [3.8, 4) is 11.5 Å². The van der Waals surface area contributed by atoms with E-state index in [1.54, 1.807) is 19.1 Å². The Balaban J connectivity index is 1.75. The van der Waals surface area contributed by atoms with E-state index in [9.17, 15) is 4.79 Å². The molecule has 1 aromatic heterocycles. The lowest BCUT2D eigenvalue weighted by atomic mass is 10.1. The summed E-state index contributed by atoms with van der Waals surface area (Å²) in [6.07, 6.45) is 0.701. The molecular weight excluding hydrogens is 380 g/mol. The number of methoxy groups -OCH3 is 2. The molecule has 0 unspecified atom stereocenters. The Morgan fingerprint density at radius 3 is 2.61 bits per heavy atom. The molecule has 2 aromatic rings. The van der Waals surface area contributed by atoms with Gasteiger partial charge in [-0.25, -0.2) is 0 Å². The maximum atomic E-state index is 12.0. The summed E-state index contributed by atoms with van der Waals surface area (Å²) >= 11 is 1.43. The molecule has 0 aliphatic carbocycles. The van der Waals surface area contributed by atoms with E-state index in [-0.39, 0.29) is 11.9 Å². The van der Waals surface area contributed by atoms with Gasteiger partial charge < -0.3 is 25.4 Å². The Bertz CT molecular complexity index is 803. The van der Waals surface area contributed by atoms with E-state index in [0.29, 0.717) is 47.7 Å². The number of nitrogen functional groups attached to an aromatic ring is 1. The number of hydrogen-bond donors (Lipinski definition) is 2. The number of ether oxygens (including phenoxy) is 2. The van der Waals surface area contributed by atoms with Gasteiger partial charge in [0.05, 0.1) is 25.7 Å². The van der Waals surface area contributed by atoms with Crippen LogP contribution in [0.1, 0.15) is 11.4 Å². The molecule has 0 aliphatic rings. The quantitative estimate of drug-likeness (QED) is 0.599. The lowest BCUT2D eigenvalue weighted by molar-refractivity contribution is -0.118. The third-order valence-corrected chi connectivity index (χ3v) is 4.66. The summed E-state index contributed by atoms with van der Waals surface area (Å²) in [5.74, 6) is 3.35. The number of nitrogens with one attached hydrogen (secondary N) is 1. The van der Waals surface area contributed by atoms with Crippen molar-refractivity contribution in [1.82, 2.24) is 20.3 Å². The number of carbonyl (C=O) groups excluding carboxylic acids is 1. The number of carbonyl (C=O) groups is 1. The number of amides is 1. The average Bonchev–Trinajstić information content (AvgIpc) is 2.67. The predicted molar refractivity (Wildman–Crippen MR) is 111 cm³/mol. The maximum absolute atomic E-state index is 12.0. The van der Waals surface area contributed by atoms with Crippen molar-refractivity contribution in [3.05, 3.63) is 29.6 Å². The van der Waals surface area contributed by atoms with Gasteiger partial charge in [0, 0.05) is 20.6 Å². The fourth-order valence-electron chi connectivity index (χ4n) is 2.36. The van der Waals surface area contributed by atoms with Gasteiger partial charge >= 0.3 is 0 Å². The fourth-order valence-corrected chi connectivity index (χ4v) is 3.06. The van der Waals surface area contributed by atoms with Crippen molar-refractivity contribution < 1.29 is 14.3 Å². The number of anilines is 2. The van der Waals surface area contributed by atoms with Crippen LogP contribution < -0.4 is 25.4 Å². The summed E-state index contributed by atoms with van der Waals surface area (Å²) in [5.41, 5.74) is 6.75. The van der Waals surface area contributed by atoms with Crippen LogP contribution in [0.3, 0.4) is 0 Å². The van der Waals surface area contributed by atoms with Crippen LogP contribution in [0.4, 0.5) is 11.9 Å². The highest BCUT2D eigenvalue weighted by molar-refractivity contribution is 7.99. The van der Waals surface area contributed by atoms with Crippen LogP contribution in [0, 0.1) is 0 Å². The summed E-state index contributed by atoms with van der Waals surface area (Å²) in [7, 11) is 6.86. The third kappa shape index (κ3) is 6.45. The molecule has 28 heavy (non-hydrogen) atoms. The first kappa shape index (κ1) is 21.5. The zero-order valence-electron chi connectivity index (χ0n) is 16.6. The van der Waals surface area contributed by atoms with E-state index in [0.717, 1.165) is 5.56 Å². The molecule has 1 heterocycles. The maximum Gasteiger partial charge on any atom is 0.230 e. The van der Waals surface area contributed by atoms with E-state index >= 15 is 0 Å². The van der Waals surface area contributed by atoms with Crippen LogP contribution in [0.15, 0.2) is 18.2 Å². The van der Waals surface area contributed by atoms with Gasteiger partial charge in [-0.15, -0.1) is 11.8 Å². The zero-order valence-corrected chi connectivity index (χ0v) is 17.4. The standard InChI is InChI=1S/C18H26N6O3S/c1-24(2)18-22-15(21-17(19)23-18)10-28-11-16(25)20-8-7-12-5-6-13(26-3)14(9-12)27-4/h5-6,9H,7-8,10-11H2,1-4H3,(H,20,25)(H2,19,21,22,23). The molecular formula is C18H26N6O3S. The van der Waals surface area contributed by atoms with Crippen molar-refractivity contribution in [2.24, 2.45) is 0 Å². The summed E-state index contributed by atoms with van der Waals surface area (Å²) < 4.78 is 10.5. The molecule has 152 valence electrons. The van der Waals surface area contributed by atoms with Crippen LogP contribution in [0.5, 0.6) is 11.5 Å². The molecule has 1 amide bonds. The lowest BCUT2D eigenvalue weighted by Crippen LogP contribution is -2.27. The SMILES string of the molecule is COc1ccc(CCNC(=O)CSCc2nc(N)nc(N(C)C)n2)cc1OC. The summed E-state index contributed by atoms with van der Waals surface area (Å²) in [4.78, 5) is 26.2. The predicted octanol–water partition coefficient (Wildman–Crippen LogP) is 1.13. The van der Waals surface area contributed by atoms with Crippen molar-refractivity contribution in [3.63, 3.8) is 0 Å². The highest BCUT2D eigenvalue weighted by Gasteiger charge is 2.09. The third-order valence-electron chi connectivity index (χ3n) is 3.74. The molecule has 0 fully saturated rings. The van der Waals surface area contributed by atoms with E-state index in [1.807, 2.05) is 32.3 Å². The Hall–Kier alpha value is -2.75. The average molecular weight is 407 g/mol. The van der Waals surface area contributed by atoms with Gasteiger partial charge in [0.25, 0.3) is 0 Å². The highest BCUT2D eigenvalue weighted by atomic mass is 32.2. The molecule has 0 spiro atoms. The minimum absolute atomic E-state index is 0.0414. The smallest absolute Gasteiger partial charge is 0.230 e. The van der Waals surface area contributed by atoms with Crippen molar-refractivity contribution in [2.45, 2.75) is 12.2 Å². The Morgan fingerprint density at radius 1 is 1.18 bits per heavy atom. The van der Waals surface area contributed by atoms with E-state index in [2.05, 4.69) is 20.3 Å². The molecule has 3 N–H and O–H groups in total. The molecule has 9 nitrogen and oxygen atoms in total. The molecule has 0 radical (unpaired) electrons. The molecule has 10 heteroatoms. The molecule has 0 aliphatic heterocycles. The Labute approximate surface area is 169 Å². The van der Waals surface area contributed by atoms with Gasteiger partial charge in [-0.1, -0.05) is 6.07 Å². The second-order valence-electron chi connectivity index (χ2n) is 6.09. The number of hydrogen-bond acceptors (Lipinski definition) is 9. The topological polar surface area (TPSA) is 115 Å². The fraction of sp³-hybridized carbons (Fsp3) is 0.444. The van der Waals surface area contributed by atoms with E-state index in [1.165, 1.54) is 11.8 Å². The first-order chi connectivity index (χ1) is 13.4. The van der Waals surface area contributed by atoms with Gasteiger partial charge in [0.2, 0.25) is 17.8 Å². The first-order valence-corrected chi connectivity index (χ1v) is 9.81. The van der Waals surface area contributed by atoms with Crippen LogP contribution in [0.2, 0.25) is 0 Å². The van der Waals surface area contributed by atoms with Gasteiger partial charge in [0.1, 0.15) is 5.82 Å². The van der Waals surface area contributed by atoms with Crippen molar-refractivity contribution >= 4 is 29.6 Å². The Morgan fingerprint density at radius 2 is 1.93 bits per heavy atom. The van der Waals surface area contributed by atoms with Crippen LogP contribution in [0.25, 0.3) is 0 Å². The van der Waals surface area contributed by atoms with Gasteiger partial charge in [0.15, 0.2) is 11.5 Å². The summed E-state index contributed by atoms with van der Waals surface area (Å²) in [5, 5.41) is 2.91. The number of nitrogens with zero attached hydrogens (tertiary/aromatic N) is 4. The minimum atomic E-state index is -0.0414. The monoisotopic (exact) mass is 406 g/mol. The Kier molecular flexibility index (Phi) is 8.12. The zero-order chi connectivity index (χ0) is 20.5. The van der Waals surface area contributed by atoms with E-state index in [4.69, 9.17) is 15.2 Å². The van der Waals surface area contributed by atoms with Gasteiger partial charge in [-0.05, 0) is 24.1 Å². The minimum Gasteiger partial charge on any atom is -0.493 e. The lowest BCUT2D eigenvalue weighted by Gasteiger charge is -2.11. The highest BCUT2D eigenvalue weighted by Crippen LogP contribution is 2.27. The number of aromatic nitrogens is 3. The molecule has 0 atom stereocenters. The normalized spacial score (nSPS) is 10.4. The van der Waals surface area contributed by atoms with Crippen LogP contribution >= 0.6 is 11.8 Å². The molecule has 1 aromatic carbocycles. The largest absolute Gasteiger partial charge is 0.493 e. The number of nitrogens with two attached hydrogens (primary N) is 1. The number of rotatable bonds is 10. The second kappa shape index (κ2) is 10.5. The van der Waals surface area contributed by atoms with Crippen molar-refractivity contribution in [1.29, 1.82) is 0 Å². The van der Waals surface area contributed by atoms with Crippen molar-refractivity contribution in [2.75, 3.05) is 51.2 Å². The molecule has 0 bridgehead atoms. The second-order valence-corrected chi connectivity index (χ2v) is 7.07. The molecule has 0 saturated heterocycles. The van der Waals surface area contributed by atoms with E-state index < -0.39 is 0 Å². The molecule has 2 rings (SSSR count). The molecule has 0 saturated carbocycles. The van der Waals surface area contributed by atoms with Crippen LogP contribution in [-0.4, -0.2) is 61.5 Å². The van der Waals surface area contributed by atoms with Gasteiger partial charge in [-0.2, -0.15) is 15.0 Å². The summed E-state index contributed by atoms with van der Waals surface area (Å²) in [6, 6.07) is 5.72. The first-order valence-electron chi connectivity index (χ1n) is 8.66. The number of thioether (sulfide) groups is 1. The number of benzene rings is 1. The summed E-state index contributed by atoms with van der Waals surface area (Å²) in [6.45, 7) is 0.540. The van der Waals surface area contributed by atoms with Gasteiger partial charge in [-0.3, -0.25) is 4.79 Å². The van der Waals surface area contributed by atoms with Crippen LogP contribution in [-0.2, 0) is 17.0 Å².